The molecule has 132 valence electrons. The molecule has 1 aliphatic rings. The molecule has 1 aliphatic heterocycles. The van der Waals surface area contributed by atoms with E-state index in [1.165, 1.54) is 5.56 Å². The Morgan fingerprint density at radius 3 is 2.46 bits per heavy atom. The number of anilines is 1. The summed E-state index contributed by atoms with van der Waals surface area (Å²) in [5.74, 6) is 0.842. The van der Waals surface area contributed by atoms with E-state index >= 15 is 0 Å². The normalized spacial score (nSPS) is 16.7. The zero-order valence-electron chi connectivity index (χ0n) is 14.5. The van der Waals surface area contributed by atoms with E-state index in [0.717, 1.165) is 39.3 Å². The molecule has 2 heterocycles. The Kier molecular flexibility index (Phi) is 4.66. The molecular formula is C20H18ClN3OS. The van der Waals surface area contributed by atoms with Crippen LogP contribution in [0.5, 0.6) is 5.75 Å². The largest absolute Gasteiger partial charge is 0.497 e. The highest BCUT2D eigenvalue weighted by Crippen LogP contribution is 2.38. The van der Waals surface area contributed by atoms with Gasteiger partial charge in [-0.05, 0) is 54.4 Å². The van der Waals surface area contributed by atoms with Crippen molar-refractivity contribution in [3.8, 4) is 5.75 Å². The van der Waals surface area contributed by atoms with Gasteiger partial charge in [0.1, 0.15) is 5.75 Å². The summed E-state index contributed by atoms with van der Waals surface area (Å²) in [7, 11) is 1.67. The third-order valence-electron chi connectivity index (χ3n) is 4.39. The van der Waals surface area contributed by atoms with Crippen LogP contribution in [0.25, 0.3) is 0 Å². The fourth-order valence-electron chi connectivity index (χ4n) is 3.04. The van der Waals surface area contributed by atoms with Crippen molar-refractivity contribution in [3.05, 3.63) is 75.8 Å². The average molecular weight is 384 g/mol. The Hall–Kier alpha value is -2.37. The summed E-state index contributed by atoms with van der Waals surface area (Å²) in [5.41, 5.74) is 4.32. The first-order valence-electron chi connectivity index (χ1n) is 8.33. The van der Waals surface area contributed by atoms with Gasteiger partial charge < -0.3 is 4.74 Å². The van der Waals surface area contributed by atoms with Gasteiger partial charge in [-0.1, -0.05) is 23.7 Å². The third kappa shape index (κ3) is 3.32. The van der Waals surface area contributed by atoms with Crippen molar-refractivity contribution in [3.63, 3.8) is 0 Å². The Morgan fingerprint density at radius 1 is 1.12 bits per heavy atom. The van der Waals surface area contributed by atoms with Gasteiger partial charge in [-0.2, -0.15) is 5.10 Å². The van der Waals surface area contributed by atoms with Gasteiger partial charge in [-0.3, -0.25) is 0 Å². The fraction of sp³-hybridized carbons (Fsp3) is 0.200. The van der Waals surface area contributed by atoms with Crippen LogP contribution in [0.1, 0.15) is 29.3 Å². The average Bonchev–Trinajstić information content (AvgIpc) is 3.29. The van der Waals surface area contributed by atoms with Crippen molar-refractivity contribution in [2.45, 2.75) is 19.4 Å². The molecular weight excluding hydrogens is 366 g/mol. The number of ether oxygens (including phenoxy) is 1. The van der Waals surface area contributed by atoms with Gasteiger partial charge in [-0.15, -0.1) is 11.3 Å². The van der Waals surface area contributed by atoms with Gasteiger partial charge >= 0.3 is 0 Å². The van der Waals surface area contributed by atoms with E-state index in [1.807, 2.05) is 48.3 Å². The Morgan fingerprint density at radius 2 is 1.85 bits per heavy atom. The lowest BCUT2D eigenvalue weighted by Crippen LogP contribution is -2.18. The molecule has 2 aromatic carbocycles. The molecule has 4 rings (SSSR count). The molecule has 6 heteroatoms. The number of thiazole rings is 1. The maximum absolute atomic E-state index is 6.06. The first-order valence-corrected chi connectivity index (χ1v) is 9.58. The van der Waals surface area contributed by atoms with Crippen molar-refractivity contribution >= 4 is 33.8 Å². The van der Waals surface area contributed by atoms with Gasteiger partial charge in [0.05, 0.1) is 24.6 Å². The van der Waals surface area contributed by atoms with Crippen LogP contribution in [0.4, 0.5) is 5.13 Å². The predicted molar refractivity (Wildman–Crippen MR) is 108 cm³/mol. The molecule has 0 fully saturated rings. The second-order valence-corrected chi connectivity index (χ2v) is 7.44. The molecule has 1 aromatic heterocycles. The minimum absolute atomic E-state index is 0.106. The Balaban J connectivity index is 1.71. The summed E-state index contributed by atoms with van der Waals surface area (Å²) in [6, 6.07) is 16.1. The van der Waals surface area contributed by atoms with Crippen LogP contribution in [0.15, 0.2) is 59.0 Å². The molecule has 1 unspecified atom stereocenters. The monoisotopic (exact) mass is 383 g/mol. The molecule has 26 heavy (non-hydrogen) atoms. The summed E-state index contributed by atoms with van der Waals surface area (Å²) in [4.78, 5) is 4.63. The lowest BCUT2D eigenvalue weighted by atomic mass is 9.98. The van der Waals surface area contributed by atoms with E-state index in [4.69, 9.17) is 21.4 Å². The summed E-state index contributed by atoms with van der Waals surface area (Å²) in [6.45, 7) is 2.00. The quantitative estimate of drug-likeness (QED) is 0.599. The Labute approximate surface area is 161 Å². The van der Waals surface area contributed by atoms with Crippen LogP contribution in [0.2, 0.25) is 5.02 Å². The molecule has 0 radical (unpaired) electrons. The van der Waals surface area contributed by atoms with Gasteiger partial charge in [-0.25, -0.2) is 9.99 Å². The lowest BCUT2D eigenvalue weighted by Gasteiger charge is -2.21. The zero-order chi connectivity index (χ0) is 18.1. The number of halogens is 1. The van der Waals surface area contributed by atoms with Crippen LogP contribution in [-0.4, -0.2) is 17.8 Å². The highest BCUT2D eigenvalue weighted by atomic mass is 35.5. The number of aryl methyl sites for hydroxylation is 1. The van der Waals surface area contributed by atoms with Crippen molar-refractivity contribution in [1.82, 2.24) is 4.98 Å². The maximum atomic E-state index is 6.06. The maximum Gasteiger partial charge on any atom is 0.206 e. The minimum Gasteiger partial charge on any atom is -0.497 e. The second-order valence-electron chi connectivity index (χ2n) is 6.16. The molecule has 0 amide bonds. The van der Waals surface area contributed by atoms with Crippen LogP contribution in [0, 0.1) is 6.92 Å². The first kappa shape index (κ1) is 17.1. The van der Waals surface area contributed by atoms with E-state index < -0.39 is 0 Å². The summed E-state index contributed by atoms with van der Waals surface area (Å²) < 4.78 is 5.26. The minimum atomic E-state index is 0.106. The predicted octanol–water partition coefficient (Wildman–Crippen LogP) is 5.47. The number of methoxy groups -OCH3 is 1. The number of hydrogen-bond donors (Lipinski definition) is 0. The number of nitrogens with zero attached hydrogens (tertiary/aromatic N) is 3. The van der Waals surface area contributed by atoms with Crippen molar-refractivity contribution in [2.24, 2.45) is 5.10 Å². The third-order valence-corrected chi connectivity index (χ3v) is 5.59. The van der Waals surface area contributed by atoms with Crippen LogP contribution in [0.3, 0.4) is 0 Å². The smallest absolute Gasteiger partial charge is 0.206 e. The number of benzene rings is 2. The topological polar surface area (TPSA) is 37.7 Å². The highest BCUT2D eigenvalue weighted by molar-refractivity contribution is 7.13. The van der Waals surface area contributed by atoms with Gasteiger partial charge in [0.15, 0.2) is 0 Å². The van der Waals surface area contributed by atoms with Gasteiger partial charge in [0, 0.05) is 16.8 Å². The van der Waals surface area contributed by atoms with Crippen LogP contribution >= 0.6 is 22.9 Å². The SMILES string of the molecule is COc1ccc(C2=NN(c3nc(C)cs3)C(c3ccc(Cl)cc3)C2)cc1. The van der Waals surface area contributed by atoms with Crippen LogP contribution < -0.4 is 9.75 Å². The van der Waals surface area contributed by atoms with E-state index in [9.17, 15) is 0 Å². The molecule has 4 nitrogen and oxygen atoms in total. The number of hydrogen-bond acceptors (Lipinski definition) is 5. The summed E-state index contributed by atoms with van der Waals surface area (Å²) in [6.07, 6.45) is 0.812. The van der Waals surface area contributed by atoms with Gasteiger partial charge in [0.2, 0.25) is 5.13 Å². The number of hydrazone groups is 1. The van der Waals surface area contributed by atoms with Crippen molar-refractivity contribution in [2.75, 3.05) is 12.1 Å². The van der Waals surface area contributed by atoms with E-state index in [1.54, 1.807) is 18.4 Å². The second kappa shape index (κ2) is 7.09. The molecule has 0 bridgehead atoms. The lowest BCUT2D eigenvalue weighted by molar-refractivity contribution is 0.415. The van der Waals surface area contributed by atoms with Crippen LogP contribution in [-0.2, 0) is 0 Å². The molecule has 0 N–H and O–H groups in total. The molecule has 1 atom stereocenters. The van der Waals surface area contributed by atoms with Crippen molar-refractivity contribution < 1.29 is 4.74 Å². The number of aromatic nitrogens is 1. The van der Waals surface area contributed by atoms with E-state index in [0.29, 0.717) is 0 Å². The molecule has 0 saturated heterocycles. The fourth-order valence-corrected chi connectivity index (χ4v) is 3.96. The number of rotatable bonds is 4. The molecule has 0 aliphatic carbocycles. The van der Waals surface area contributed by atoms with E-state index in [-0.39, 0.29) is 6.04 Å². The summed E-state index contributed by atoms with van der Waals surface area (Å²) in [5, 5.41) is 10.6. The van der Waals surface area contributed by atoms with E-state index in [2.05, 4.69) is 22.5 Å². The Bertz CT molecular complexity index is 934. The molecule has 3 aromatic rings. The molecule has 0 saturated carbocycles. The standard InChI is InChI=1S/C20H18ClN3OS/c1-13-12-26-20(22-13)24-19(15-3-7-16(21)8-4-15)11-18(23-24)14-5-9-17(25-2)10-6-14/h3-10,12,19H,11H2,1-2H3. The van der Waals surface area contributed by atoms with Gasteiger partial charge in [0.25, 0.3) is 0 Å². The summed E-state index contributed by atoms with van der Waals surface area (Å²) >= 11 is 7.68. The van der Waals surface area contributed by atoms with Crippen molar-refractivity contribution in [1.29, 1.82) is 0 Å². The zero-order valence-corrected chi connectivity index (χ0v) is 16.1. The first-order chi connectivity index (χ1) is 12.6. The highest BCUT2D eigenvalue weighted by Gasteiger charge is 2.31. The molecule has 0 spiro atoms.